The third-order valence-corrected chi connectivity index (χ3v) is 7.48. The molecular formula is C24H28N4O2S2. The minimum Gasteiger partial charge on any atom is -0.349 e. The molecule has 0 aliphatic heterocycles. The van der Waals surface area contributed by atoms with Gasteiger partial charge in [0.15, 0.2) is 11.6 Å². The first kappa shape index (κ1) is 22.7. The van der Waals surface area contributed by atoms with E-state index in [0.717, 1.165) is 53.2 Å². The molecule has 32 heavy (non-hydrogen) atoms. The summed E-state index contributed by atoms with van der Waals surface area (Å²) in [5.41, 5.74) is 3.36. The zero-order chi connectivity index (χ0) is 22.8. The summed E-state index contributed by atoms with van der Waals surface area (Å²) in [6, 6.07) is 6.07. The molecule has 0 saturated heterocycles. The Hall–Kier alpha value is -2.45. The molecule has 2 unspecified atom stereocenters. The molecule has 2 aromatic heterocycles. The molecule has 1 aromatic carbocycles. The number of carbonyl (C=O) groups excluding carboxylic acids is 2. The number of imidazole rings is 1. The summed E-state index contributed by atoms with van der Waals surface area (Å²) in [7, 11) is 0. The van der Waals surface area contributed by atoms with Crippen molar-refractivity contribution in [3.8, 4) is 11.5 Å². The first-order valence-corrected chi connectivity index (χ1v) is 13.0. The fraction of sp³-hybridized carbons (Fsp3) is 0.417. The maximum atomic E-state index is 12.4. The maximum Gasteiger partial charge on any atom is 0.257 e. The molecule has 1 N–H and O–H groups in total. The second-order valence-electron chi connectivity index (χ2n) is 8.16. The minimum absolute atomic E-state index is 0.0864. The van der Waals surface area contributed by atoms with Gasteiger partial charge in [0.1, 0.15) is 5.69 Å². The molecule has 0 radical (unpaired) electrons. The monoisotopic (exact) mass is 468 g/mol. The minimum atomic E-state index is -0.0864. The Kier molecular flexibility index (Phi) is 6.81. The number of ketones is 1. The van der Waals surface area contributed by atoms with Crippen molar-refractivity contribution in [2.75, 3.05) is 6.26 Å². The second kappa shape index (κ2) is 9.58. The number of hydrogen-bond acceptors (Lipinski definition) is 6. The quantitative estimate of drug-likeness (QED) is 0.364. The Morgan fingerprint density at radius 3 is 2.81 bits per heavy atom. The number of rotatable bonds is 7. The molecule has 1 aliphatic carbocycles. The Morgan fingerprint density at radius 2 is 2.12 bits per heavy atom. The summed E-state index contributed by atoms with van der Waals surface area (Å²) in [5.74, 6) is 0.856. The first-order valence-electron chi connectivity index (χ1n) is 10.9. The lowest BCUT2D eigenvalue weighted by molar-refractivity contribution is -0.117. The maximum absolute atomic E-state index is 12.4. The highest BCUT2D eigenvalue weighted by molar-refractivity contribution is 8.03. The molecule has 2 heterocycles. The van der Waals surface area contributed by atoms with Gasteiger partial charge in [0.05, 0.1) is 20.9 Å². The largest absolute Gasteiger partial charge is 0.349 e. The fourth-order valence-corrected chi connectivity index (χ4v) is 5.22. The van der Waals surface area contributed by atoms with E-state index in [4.69, 9.17) is 9.97 Å². The number of aryl methyl sites for hydroxylation is 1. The van der Waals surface area contributed by atoms with E-state index in [1.165, 1.54) is 11.8 Å². The van der Waals surface area contributed by atoms with Crippen molar-refractivity contribution >= 4 is 45.8 Å². The van der Waals surface area contributed by atoms with Gasteiger partial charge in [0.2, 0.25) is 0 Å². The van der Waals surface area contributed by atoms with Crippen molar-refractivity contribution in [3.63, 3.8) is 0 Å². The molecule has 168 valence electrons. The molecule has 0 spiro atoms. The van der Waals surface area contributed by atoms with Crippen LogP contribution >= 0.6 is 23.1 Å². The van der Waals surface area contributed by atoms with Crippen molar-refractivity contribution in [3.05, 3.63) is 45.6 Å². The Balaban J connectivity index is 1.73. The second-order valence-corrected chi connectivity index (χ2v) is 10.1. The molecule has 1 amide bonds. The standard InChI is InChI=1S/C24H28N4O2S2/c1-5-22(29)16-9-10-21-19(11-16)27-23(20-13-32-15(3)25-20)28(21)18-8-6-7-17(12-18)26-24(30)14(2)31-4/h9-11,13,17-18H,2,5-8,12H2,1,3-4H3,(H,26,30). The number of fused-ring (bicyclic) bond motifs is 1. The van der Waals surface area contributed by atoms with E-state index in [2.05, 4.69) is 16.5 Å². The fourth-order valence-electron chi connectivity index (χ4n) is 4.38. The average molecular weight is 469 g/mol. The van der Waals surface area contributed by atoms with Crippen molar-refractivity contribution in [2.24, 2.45) is 0 Å². The summed E-state index contributed by atoms with van der Waals surface area (Å²) < 4.78 is 2.27. The van der Waals surface area contributed by atoms with Crippen LogP contribution in [0.1, 0.15) is 60.4 Å². The van der Waals surface area contributed by atoms with Crippen molar-refractivity contribution in [2.45, 2.75) is 58.0 Å². The van der Waals surface area contributed by atoms with Crippen LogP contribution in [-0.4, -0.2) is 38.5 Å². The van der Waals surface area contributed by atoms with Crippen LogP contribution in [0.5, 0.6) is 0 Å². The number of Topliss-reactive ketones (excluding diaryl/α,β-unsaturated/α-hetero) is 1. The van der Waals surface area contributed by atoms with Crippen LogP contribution in [0, 0.1) is 6.92 Å². The normalized spacial score (nSPS) is 18.6. The van der Waals surface area contributed by atoms with Crippen LogP contribution < -0.4 is 5.32 Å². The lowest BCUT2D eigenvalue weighted by Gasteiger charge is -2.32. The number of thioether (sulfide) groups is 1. The SMILES string of the molecule is C=C(SC)C(=O)NC1CCCC(n2c(-c3csc(C)n3)nc3cc(C(=O)CC)ccc32)C1. The third kappa shape index (κ3) is 4.52. The van der Waals surface area contributed by atoms with Crippen molar-refractivity contribution < 1.29 is 9.59 Å². The van der Waals surface area contributed by atoms with Gasteiger partial charge < -0.3 is 9.88 Å². The van der Waals surface area contributed by atoms with Gasteiger partial charge in [-0.2, -0.15) is 0 Å². The van der Waals surface area contributed by atoms with Gasteiger partial charge >= 0.3 is 0 Å². The number of aromatic nitrogens is 3. The summed E-state index contributed by atoms with van der Waals surface area (Å²) in [6.45, 7) is 7.70. The lowest BCUT2D eigenvalue weighted by atomic mass is 9.90. The van der Waals surface area contributed by atoms with Gasteiger partial charge in [-0.05, 0) is 57.1 Å². The third-order valence-electron chi connectivity index (χ3n) is 6.03. The molecule has 0 bridgehead atoms. The molecule has 1 fully saturated rings. The van der Waals surface area contributed by atoms with Crippen LogP contribution in [0.4, 0.5) is 0 Å². The molecular weight excluding hydrogens is 440 g/mol. The highest BCUT2D eigenvalue weighted by Crippen LogP contribution is 2.36. The summed E-state index contributed by atoms with van der Waals surface area (Å²) in [5, 5.41) is 6.18. The lowest BCUT2D eigenvalue weighted by Crippen LogP contribution is -2.39. The van der Waals surface area contributed by atoms with E-state index < -0.39 is 0 Å². The number of benzene rings is 1. The van der Waals surface area contributed by atoms with Crippen LogP contribution in [0.3, 0.4) is 0 Å². The van der Waals surface area contributed by atoms with Crippen LogP contribution in [-0.2, 0) is 4.79 Å². The van der Waals surface area contributed by atoms with Crippen LogP contribution in [0.15, 0.2) is 35.1 Å². The molecule has 1 saturated carbocycles. The van der Waals surface area contributed by atoms with Crippen LogP contribution in [0.2, 0.25) is 0 Å². The summed E-state index contributed by atoms with van der Waals surface area (Å²) in [6.07, 6.45) is 6.13. The molecule has 3 aromatic rings. The summed E-state index contributed by atoms with van der Waals surface area (Å²) >= 11 is 2.98. The number of thiazole rings is 1. The zero-order valence-corrected chi connectivity index (χ0v) is 20.3. The Labute approximate surface area is 196 Å². The van der Waals surface area contributed by atoms with Gasteiger partial charge in [-0.1, -0.05) is 13.5 Å². The highest BCUT2D eigenvalue weighted by atomic mass is 32.2. The molecule has 1 aliphatic rings. The van der Waals surface area contributed by atoms with E-state index in [1.54, 1.807) is 11.3 Å². The number of amides is 1. The molecule has 6 nitrogen and oxygen atoms in total. The number of carbonyl (C=O) groups is 2. The Bertz CT molecular complexity index is 1180. The van der Waals surface area contributed by atoms with E-state index >= 15 is 0 Å². The molecule has 8 heteroatoms. The van der Waals surface area contributed by atoms with Crippen molar-refractivity contribution in [1.82, 2.24) is 19.9 Å². The first-order chi connectivity index (χ1) is 15.4. The van der Waals surface area contributed by atoms with Gasteiger partial charge in [-0.3, -0.25) is 9.59 Å². The van der Waals surface area contributed by atoms with Gasteiger partial charge in [0, 0.05) is 29.4 Å². The van der Waals surface area contributed by atoms with E-state index in [-0.39, 0.29) is 23.8 Å². The van der Waals surface area contributed by atoms with E-state index in [0.29, 0.717) is 16.9 Å². The van der Waals surface area contributed by atoms with Crippen molar-refractivity contribution in [1.29, 1.82) is 0 Å². The number of hydrogen-bond donors (Lipinski definition) is 1. The van der Waals surface area contributed by atoms with Crippen LogP contribution in [0.25, 0.3) is 22.6 Å². The topological polar surface area (TPSA) is 76.9 Å². The van der Waals surface area contributed by atoms with E-state index in [1.807, 2.05) is 43.7 Å². The Morgan fingerprint density at radius 1 is 1.31 bits per heavy atom. The molecule has 4 rings (SSSR count). The predicted octanol–water partition coefficient (Wildman–Crippen LogP) is 5.54. The number of nitrogens with one attached hydrogen (secondary N) is 1. The predicted molar refractivity (Wildman–Crippen MR) is 132 cm³/mol. The van der Waals surface area contributed by atoms with Gasteiger partial charge in [-0.25, -0.2) is 9.97 Å². The number of nitrogens with zero attached hydrogens (tertiary/aromatic N) is 3. The average Bonchev–Trinajstić information content (AvgIpc) is 3.40. The van der Waals surface area contributed by atoms with E-state index in [9.17, 15) is 9.59 Å². The smallest absolute Gasteiger partial charge is 0.257 e. The van der Waals surface area contributed by atoms with Gasteiger partial charge in [0.25, 0.3) is 5.91 Å². The zero-order valence-electron chi connectivity index (χ0n) is 18.7. The van der Waals surface area contributed by atoms with Gasteiger partial charge in [-0.15, -0.1) is 23.1 Å². The molecule has 2 atom stereocenters. The highest BCUT2D eigenvalue weighted by Gasteiger charge is 2.29. The summed E-state index contributed by atoms with van der Waals surface area (Å²) in [4.78, 5) is 34.8.